The van der Waals surface area contributed by atoms with Crippen LogP contribution < -0.4 is 40.4 Å². The SMILES string of the molecule is C.Nc1c(CC(=O)[O-])cccc1C(=O)c1ccc(Br)cc1.[Na+]. The van der Waals surface area contributed by atoms with Gasteiger partial charge in [0.15, 0.2) is 5.78 Å². The normalized spacial score (nSPS) is 9.32. The van der Waals surface area contributed by atoms with E-state index in [9.17, 15) is 14.7 Å². The number of benzene rings is 2. The molecule has 0 fully saturated rings. The van der Waals surface area contributed by atoms with Crippen LogP contribution in [0.4, 0.5) is 5.69 Å². The van der Waals surface area contributed by atoms with Gasteiger partial charge in [0, 0.05) is 33.7 Å². The van der Waals surface area contributed by atoms with E-state index in [1.807, 2.05) is 0 Å². The predicted molar refractivity (Wildman–Crippen MR) is 83.9 cm³/mol. The second-order valence-electron chi connectivity index (χ2n) is 4.26. The largest absolute Gasteiger partial charge is 1.00 e. The minimum absolute atomic E-state index is 0. The first-order valence-electron chi connectivity index (χ1n) is 5.86. The summed E-state index contributed by atoms with van der Waals surface area (Å²) in [6, 6.07) is 11.6. The summed E-state index contributed by atoms with van der Waals surface area (Å²) in [6.07, 6.45) is -0.312. The topological polar surface area (TPSA) is 83.2 Å². The van der Waals surface area contributed by atoms with E-state index in [1.165, 1.54) is 0 Å². The molecule has 0 saturated heterocycles. The molecule has 110 valence electrons. The van der Waals surface area contributed by atoms with Crippen LogP contribution in [0.25, 0.3) is 0 Å². The fourth-order valence-corrected chi connectivity index (χ4v) is 2.14. The van der Waals surface area contributed by atoms with Crippen molar-refractivity contribution >= 4 is 33.4 Å². The van der Waals surface area contributed by atoms with Crippen LogP contribution in [0, 0.1) is 0 Å². The Kier molecular flexibility index (Phi) is 8.63. The number of carboxylic acid groups (broad SMARTS) is 1. The van der Waals surface area contributed by atoms with E-state index in [0.29, 0.717) is 16.7 Å². The molecule has 0 amide bonds. The first-order chi connectivity index (χ1) is 9.49. The summed E-state index contributed by atoms with van der Waals surface area (Å²) in [5, 5.41) is 10.7. The molecule has 0 aliphatic carbocycles. The van der Waals surface area contributed by atoms with Gasteiger partial charge in [0.25, 0.3) is 0 Å². The number of carbonyl (C=O) groups excluding carboxylic acids is 2. The van der Waals surface area contributed by atoms with Gasteiger partial charge in [-0.15, -0.1) is 0 Å². The van der Waals surface area contributed by atoms with E-state index in [2.05, 4.69) is 15.9 Å². The molecule has 2 aromatic rings. The van der Waals surface area contributed by atoms with Gasteiger partial charge in [-0.2, -0.15) is 0 Å². The molecular formula is C16H15BrNNaO3. The molecule has 0 spiro atoms. The number of nitrogen functional groups attached to an aromatic ring is 1. The van der Waals surface area contributed by atoms with E-state index in [0.717, 1.165) is 4.47 Å². The summed E-state index contributed by atoms with van der Waals surface area (Å²) >= 11 is 3.30. The molecule has 0 saturated carbocycles. The van der Waals surface area contributed by atoms with E-state index in [4.69, 9.17) is 5.73 Å². The van der Waals surface area contributed by atoms with Crippen LogP contribution in [0.3, 0.4) is 0 Å². The molecule has 22 heavy (non-hydrogen) atoms. The van der Waals surface area contributed by atoms with Crippen LogP contribution in [0.1, 0.15) is 28.9 Å². The Bertz CT molecular complexity index is 672. The van der Waals surface area contributed by atoms with Gasteiger partial charge in [0.2, 0.25) is 0 Å². The second kappa shape index (κ2) is 9.10. The Hall–Kier alpha value is -1.14. The van der Waals surface area contributed by atoms with Crippen molar-refractivity contribution in [2.75, 3.05) is 5.73 Å². The zero-order valence-electron chi connectivity index (χ0n) is 11.4. The Morgan fingerprint density at radius 3 is 2.23 bits per heavy atom. The van der Waals surface area contributed by atoms with E-state index in [1.54, 1.807) is 42.5 Å². The van der Waals surface area contributed by atoms with Crippen LogP contribution in [0.15, 0.2) is 46.9 Å². The maximum absolute atomic E-state index is 12.4. The first-order valence-corrected chi connectivity index (χ1v) is 6.66. The van der Waals surface area contributed by atoms with Gasteiger partial charge in [0.1, 0.15) is 0 Å². The summed E-state index contributed by atoms with van der Waals surface area (Å²) in [6.45, 7) is 0. The predicted octanol–water partition coefficient (Wildman–Crippen LogP) is -0.805. The standard InChI is InChI=1S/C15H12BrNO3.CH4.Na/c16-11-6-4-9(5-7-11)15(20)12-3-1-2-10(14(12)17)8-13(18)19;;/h1-7H,8,17H2,(H,18,19);1H4;/q;;+1/p-1. The summed E-state index contributed by atoms with van der Waals surface area (Å²) in [7, 11) is 0. The van der Waals surface area contributed by atoms with Crippen molar-refractivity contribution in [2.45, 2.75) is 13.8 Å². The second-order valence-corrected chi connectivity index (χ2v) is 5.18. The van der Waals surface area contributed by atoms with E-state index < -0.39 is 5.97 Å². The minimum Gasteiger partial charge on any atom is -0.550 e. The van der Waals surface area contributed by atoms with Gasteiger partial charge >= 0.3 is 29.6 Å². The molecule has 4 nitrogen and oxygen atoms in total. The van der Waals surface area contributed by atoms with E-state index >= 15 is 0 Å². The fraction of sp³-hybridized carbons (Fsp3) is 0.125. The summed E-state index contributed by atoms with van der Waals surface area (Å²) in [4.78, 5) is 23.0. The van der Waals surface area contributed by atoms with Crippen LogP contribution in [0.2, 0.25) is 0 Å². The van der Waals surface area contributed by atoms with Crippen molar-refractivity contribution in [2.24, 2.45) is 0 Å². The third-order valence-corrected chi connectivity index (χ3v) is 3.41. The maximum atomic E-state index is 12.4. The number of halogens is 1. The molecular weight excluding hydrogens is 357 g/mol. The summed E-state index contributed by atoms with van der Waals surface area (Å²) < 4.78 is 0.868. The van der Waals surface area contributed by atoms with Crippen molar-refractivity contribution in [3.63, 3.8) is 0 Å². The molecule has 0 aliphatic heterocycles. The molecule has 0 unspecified atom stereocenters. The van der Waals surface area contributed by atoms with Crippen molar-refractivity contribution in [1.82, 2.24) is 0 Å². The zero-order valence-corrected chi connectivity index (χ0v) is 15.0. The molecule has 2 aromatic carbocycles. The van der Waals surface area contributed by atoms with Crippen molar-refractivity contribution < 1.29 is 44.3 Å². The smallest absolute Gasteiger partial charge is 0.550 e. The van der Waals surface area contributed by atoms with Gasteiger partial charge in [-0.25, -0.2) is 0 Å². The van der Waals surface area contributed by atoms with Crippen LogP contribution in [-0.2, 0) is 11.2 Å². The van der Waals surface area contributed by atoms with Gasteiger partial charge in [0.05, 0.1) is 0 Å². The number of hydrogen-bond donors (Lipinski definition) is 1. The van der Waals surface area contributed by atoms with Gasteiger partial charge < -0.3 is 15.6 Å². The van der Waals surface area contributed by atoms with Crippen molar-refractivity contribution in [3.8, 4) is 0 Å². The number of nitrogens with two attached hydrogens (primary N) is 1. The Morgan fingerprint density at radius 1 is 1.09 bits per heavy atom. The van der Waals surface area contributed by atoms with Gasteiger partial charge in [-0.05, 0) is 35.9 Å². The van der Waals surface area contributed by atoms with Gasteiger partial charge in [-0.1, -0.05) is 35.5 Å². The zero-order chi connectivity index (χ0) is 14.7. The quantitative estimate of drug-likeness (QED) is 0.433. The third-order valence-electron chi connectivity index (χ3n) is 2.88. The van der Waals surface area contributed by atoms with Crippen molar-refractivity contribution in [1.29, 1.82) is 0 Å². The summed E-state index contributed by atoms with van der Waals surface area (Å²) in [5.41, 5.74) is 7.23. The molecule has 0 radical (unpaired) electrons. The number of para-hydroxylation sites is 1. The first kappa shape index (κ1) is 20.9. The number of anilines is 1. The molecule has 0 aromatic heterocycles. The molecule has 0 heterocycles. The maximum Gasteiger partial charge on any atom is 1.00 e. The fourth-order valence-electron chi connectivity index (χ4n) is 1.88. The molecule has 0 aliphatic rings. The van der Waals surface area contributed by atoms with Crippen LogP contribution in [0.5, 0.6) is 0 Å². The van der Waals surface area contributed by atoms with E-state index in [-0.39, 0.29) is 54.9 Å². The third kappa shape index (κ3) is 4.95. The molecule has 0 atom stereocenters. The molecule has 2 N–H and O–H groups in total. The number of aliphatic carboxylic acids is 1. The molecule has 0 bridgehead atoms. The van der Waals surface area contributed by atoms with Crippen LogP contribution in [-0.4, -0.2) is 11.8 Å². The number of hydrogen-bond acceptors (Lipinski definition) is 4. The Labute approximate surface area is 160 Å². The number of carboxylic acids is 1. The average Bonchev–Trinajstić information content (AvgIpc) is 2.41. The molecule has 2 rings (SSSR count). The van der Waals surface area contributed by atoms with Crippen LogP contribution >= 0.6 is 15.9 Å². The minimum atomic E-state index is -1.23. The monoisotopic (exact) mass is 371 g/mol. The number of ketones is 1. The van der Waals surface area contributed by atoms with Gasteiger partial charge in [-0.3, -0.25) is 4.79 Å². The Balaban J connectivity index is 0.00000220. The number of carbonyl (C=O) groups is 2. The number of rotatable bonds is 4. The average molecular weight is 372 g/mol. The Morgan fingerprint density at radius 2 is 1.68 bits per heavy atom. The summed E-state index contributed by atoms with van der Waals surface area (Å²) in [5.74, 6) is -1.47. The molecule has 6 heteroatoms. The van der Waals surface area contributed by atoms with Crippen molar-refractivity contribution in [3.05, 3.63) is 63.6 Å².